The fourth-order valence-electron chi connectivity index (χ4n) is 2.68. The summed E-state index contributed by atoms with van der Waals surface area (Å²) >= 11 is 0. The number of benzene rings is 1. The minimum absolute atomic E-state index is 0.131. The first-order valence-corrected chi connectivity index (χ1v) is 6.41. The van der Waals surface area contributed by atoms with Crippen LogP contribution in [0.3, 0.4) is 0 Å². The van der Waals surface area contributed by atoms with Gasteiger partial charge in [-0.25, -0.2) is 4.39 Å². The topological polar surface area (TPSA) is 72.5 Å². The molecule has 0 bridgehead atoms. The minimum Gasteiger partial charge on any atom is -0.496 e. The van der Waals surface area contributed by atoms with Crippen molar-refractivity contribution in [1.29, 1.82) is 0 Å². The second-order valence-electron chi connectivity index (χ2n) is 4.77. The lowest BCUT2D eigenvalue weighted by molar-refractivity contribution is -0.138. The Balaban J connectivity index is 2.59. The van der Waals surface area contributed by atoms with Crippen molar-refractivity contribution in [1.82, 2.24) is 0 Å². The molecule has 4 nitrogen and oxygen atoms in total. The molecule has 1 aliphatic rings. The van der Waals surface area contributed by atoms with Gasteiger partial charge in [-0.1, -0.05) is 0 Å². The van der Waals surface area contributed by atoms with E-state index in [1.807, 2.05) is 0 Å². The van der Waals surface area contributed by atoms with E-state index in [9.17, 15) is 9.18 Å². The van der Waals surface area contributed by atoms with Crippen molar-refractivity contribution in [3.8, 4) is 5.75 Å². The zero-order valence-electron chi connectivity index (χ0n) is 10.9. The average Bonchev–Trinajstić information content (AvgIpc) is 2.42. The Morgan fingerprint density at radius 1 is 1.47 bits per heavy atom. The number of carboxylic acid groups (broad SMARTS) is 1. The maximum Gasteiger partial charge on any atom is 0.312 e. The van der Waals surface area contributed by atoms with Gasteiger partial charge in [-0.2, -0.15) is 0 Å². The van der Waals surface area contributed by atoms with Crippen molar-refractivity contribution >= 4 is 5.97 Å². The zero-order chi connectivity index (χ0) is 14.0. The zero-order valence-corrected chi connectivity index (χ0v) is 10.9. The summed E-state index contributed by atoms with van der Waals surface area (Å²) in [6.45, 7) is -0.131. The fourth-order valence-corrected chi connectivity index (χ4v) is 2.68. The summed E-state index contributed by atoms with van der Waals surface area (Å²) in [6.07, 6.45) is 3.32. The Morgan fingerprint density at radius 3 is 2.63 bits per heavy atom. The van der Waals surface area contributed by atoms with Crippen LogP contribution in [-0.2, 0) is 17.6 Å². The number of rotatable bonds is 4. The van der Waals surface area contributed by atoms with Crippen molar-refractivity contribution < 1.29 is 19.0 Å². The van der Waals surface area contributed by atoms with Gasteiger partial charge in [0.1, 0.15) is 11.6 Å². The van der Waals surface area contributed by atoms with E-state index in [-0.39, 0.29) is 12.1 Å². The molecule has 1 aromatic carbocycles. The molecule has 1 unspecified atom stereocenters. The predicted molar refractivity (Wildman–Crippen MR) is 69.0 cm³/mol. The van der Waals surface area contributed by atoms with Gasteiger partial charge in [-0.3, -0.25) is 4.79 Å². The largest absolute Gasteiger partial charge is 0.496 e. The van der Waals surface area contributed by atoms with Crippen LogP contribution in [0.25, 0.3) is 0 Å². The van der Waals surface area contributed by atoms with Gasteiger partial charge in [-0.05, 0) is 37.3 Å². The lowest BCUT2D eigenvalue weighted by atomic mass is 9.86. The number of carbonyl (C=O) groups is 1. The molecule has 0 saturated heterocycles. The third-order valence-corrected chi connectivity index (χ3v) is 3.70. The number of methoxy groups -OCH3 is 1. The van der Waals surface area contributed by atoms with Crippen molar-refractivity contribution in [3.63, 3.8) is 0 Å². The normalized spacial score (nSPS) is 15.7. The Morgan fingerprint density at radius 2 is 2.11 bits per heavy atom. The first-order valence-electron chi connectivity index (χ1n) is 6.41. The van der Waals surface area contributed by atoms with E-state index in [2.05, 4.69) is 0 Å². The van der Waals surface area contributed by atoms with Crippen LogP contribution in [0.5, 0.6) is 5.75 Å². The second-order valence-corrected chi connectivity index (χ2v) is 4.77. The molecule has 0 aromatic heterocycles. The van der Waals surface area contributed by atoms with Gasteiger partial charge in [0.2, 0.25) is 0 Å². The number of hydrogen-bond acceptors (Lipinski definition) is 3. The molecule has 0 saturated carbocycles. The summed E-state index contributed by atoms with van der Waals surface area (Å²) in [6, 6.07) is 1.49. The van der Waals surface area contributed by atoms with E-state index in [0.29, 0.717) is 17.7 Å². The van der Waals surface area contributed by atoms with Gasteiger partial charge < -0.3 is 15.6 Å². The Kier molecular flexibility index (Phi) is 4.04. The van der Waals surface area contributed by atoms with E-state index in [1.165, 1.54) is 13.2 Å². The molecule has 5 heteroatoms. The first kappa shape index (κ1) is 13.8. The lowest BCUT2D eigenvalue weighted by Gasteiger charge is -2.23. The molecule has 0 fully saturated rings. The summed E-state index contributed by atoms with van der Waals surface area (Å²) in [7, 11) is 1.52. The second kappa shape index (κ2) is 5.57. The standard InChI is InChI=1S/C14H18FNO3/c1-19-12-6-10(11(7-16)14(17)18)13(15)9-5-3-2-4-8(9)12/h6,11H,2-5,7,16H2,1H3,(H,17,18). The fraction of sp³-hybridized carbons (Fsp3) is 0.500. The van der Waals surface area contributed by atoms with Gasteiger partial charge >= 0.3 is 5.97 Å². The molecule has 1 aliphatic carbocycles. The molecule has 0 aliphatic heterocycles. The molecule has 1 atom stereocenters. The number of nitrogens with two attached hydrogens (primary N) is 1. The van der Waals surface area contributed by atoms with Gasteiger partial charge in [0.15, 0.2) is 0 Å². The highest BCUT2D eigenvalue weighted by Gasteiger charge is 2.28. The third-order valence-electron chi connectivity index (χ3n) is 3.70. The highest BCUT2D eigenvalue weighted by molar-refractivity contribution is 5.77. The molecular formula is C14H18FNO3. The summed E-state index contributed by atoms with van der Waals surface area (Å²) in [5.41, 5.74) is 7.05. The molecule has 0 heterocycles. The van der Waals surface area contributed by atoms with Crippen LogP contribution in [0.4, 0.5) is 4.39 Å². The highest BCUT2D eigenvalue weighted by atomic mass is 19.1. The highest BCUT2D eigenvalue weighted by Crippen LogP contribution is 2.36. The first-order chi connectivity index (χ1) is 9.10. The molecular weight excluding hydrogens is 249 g/mol. The van der Waals surface area contributed by atoms with E-state index in [1.54, 1.807) is 0 Å². The average molecular weight is 267 g/mol. The van der Waals surface area contributed by atoms with Crippen LogP contribution in [0.15, 0.2) is 6.07 Å². The molecule has 0 spiro atoms. The number of ether oxygens (including phenoxy) is 1. The predicted octanol–water partition coefficient (Wildman–Crippen LogP) is 1.84. The van der Waals surface area contributed by atoms with E-state index >= 15 is 0 Å². The Hall–Kier alpha value is -1.62. The maximum absolute atomic E-state index is 14.5. The van der Waals surface area contributed by atoms with Crippen LogP contribution in [-0.4, -0.2) is 24.7 Å². The summed E-state index contributed by atoms with van der Waals surface area (Å²) in [4.78, 5) is 11.2. The van der Waals surface area contributed by atoms with Crippen LogP contribution >= 0.6 is 0 Å². The lowest BCUT2D eigenvalue weighted by Crippen LogP contribution is -2.23. The molecule has 19 heavy (non-hydrogen) atoms. The van der Waals surface area contributed by atoms with Gasteiger partial charge in [0.05, 0.1) is 13.0 Å². The number of halogens is 1. The maximum atomic E-state index is 14.5. The number of carboxylic acids is 1. The van der Waals surface area contributed by atoms with Gasteiger partial charge in [0, 0.05) is 17.7 Å². The van der Waals surface area contributed by atoms with Crippen LogP contribution in [0.2, 0.25) is 0 Å². The minimum atomic E-state index is -1.11. The quantitative estimate of drug-likeness (QED) is 0.873. The van der Waals surface area contributed by atoms with Crippen molar-refractivity contribution in [2.75, 3.05) is 13.7 Å². The van der Waals surface area contributed by atoms with Crippen molar-refractivity contribution in [3.05, 3.63) is 28.6 Å². The molecule has 0 radical (unpaired) electrons. The number of hydrogen-bond donors (Lipinski definition) is 2. The summed E-state index contributed by atoms with van der Waals surface area (Å²) < 4.78 is 19.8. The van der Waals surface area contributed by atoms with Gasteiger partial charge in [0.25, 0.3) is 0 Å². The van der Waals surface area contributed by atoms with E-state index in [0.717, 1.165) is 24.8 Å². The van der Waals surface area contributed by atoms with Crippen molar-refractivity contribution in [2.45, 2.75) is 31.6 Å². The third kappa shape index (κ3) is 2.42. The van der Waals surface area contributed by atoms with E-state index in [4.69, 9.17) is 15.6 Å². The molecule has 1 aromatic rings. The Bertz CT molecular complexity index is 502. The molecule has 2 rings (SSSR count). The molecule has 104 valence electrons. The SMILES string of the molecule is COc1cc(C(CN)C(=O)O)c(F)c2c1CCCC2. The smallest absolute Gasteiger partial charge is 0.312 e. The van der Waals surface area contributed by atoms with Crippen LogP contribution in [0, 0.1) is 5.82 Å². The number of aliphatic carboxylic acids is 1. The monoisotopic (exact) mass is 267 g/mol. The van der Waals surface area contributed by atoms with Gasteiger partial charge in [-0.15, -0.1) is 0 Å². The molecule has 0 amide bonds. The van der Waals surface area contributed by atoms with E-state index < -0.39 is 17.7 Å². The number of fused-ring (bicyclic) bond motifs is 1. The molecule has 3 N–H and O–H groups in total. The van der Waals surface area contributed by atoms with Crippen LogP contribution < -0.4 is 10.5 Å². The van der Waals surface area contributed by atoms with Crippen LogP contribution in [0.1, 0.15) is 35.4 Å². The summed E-state index contributed by atoms with van der Waals surface area (Å²) in [5, 5.41) is 9.13. The Labute approximate surface area is 111 Å². The van der Waals surface area contributed by atoms with Crippen molar-refractivity contribution in [2.24, 2.45) is 5.73 Å². The summed E-state index contributed by atoms with van der Waals surface area (Å²) in [5.74, 6) is -1.99.